The van der Waals surface area contributed by atoms with Crippen LogP contribution >= 0.6 is 0 Å². The molecule has 0 saturated carbocycles. The summed E-state index contributed by atoms with van der Waals surface area (Å²) in [6, 6.07) is 11.6. The van der Waals surface area contributed by atoms with Crippen molar-refractivity contribution in [2.24, 2.45) is 17.6 Å². The highest BCUT2D eigenvalue weighted by atomic mass is 16.5. The predicted octanol–water partition coefficient (Wildman–Crippen LogP) is -0.0876. The van der Waals surface area contributed by atoms with Gasteiger partial charge in [-0.2, -0.15) is 0 Å². The van der Waals surface area contributed by atoms with E-state index in [9.17, 15) is 48.9 Å². The first kappa shape index (κ1) is 49.7. The molecule has 18 heteroatoms. The van der Waals surface area contributed by atoms with Gasteiger partial charge in [0.1, 0.15) is 11.6 Å². The van der Waals surface area contributed by atoms with Crippen molar-refractivity contribution >= 4 is 60.4 Å². The van der Waals surface area contributed by atoms with Crippen LogP contribution in [0.25, 0.3) is 0 Å². The number of carbonyl (C=O) groups excluding carboxylic acids is 6. The highest BCUT2D eigenvalue weighted by molar-refractivity contribution is 6.59. The number of ether oxygens (including phenoxy) is 2. The first-order chi connectivity index (χ1) is 27.8. The van der Waals surface area contributed by atoms with E-state index in [1.807, 2.05) is 0 Å². The monoisotopic (exact) mass is 810 g/mol. The quantitative estimate of drug-likeness (QED) is 0.0356. The van der Waals surface area contributed by atoms with Crippen molar-refractivity contribution in [2.45, 2.75) is 84.0 Å². The Labute approximate surface area is 341 Å². The molecule has 2 aromatic carbocycles. The van der Waals surface area contributed by atoms with Crippen LogP contribution in [0.1, 0.15) is 105 Å². The van der Waals surface area contributed by atoms with Gasteiger partial charge in [-0.05, 0) is 67.3 Å². The smallest absolute Gasteiger partial charge is 0.423 e. The van der Waals surface area contributed by atoms with Gasteiger partial charge in [0.25, 0.3) is 11.8 Å². The highest BCUT2D eigenvalue weighted by Gasteiger charge is 2.27. The summed E-state index contributed by atoms with van der Waals surface area (Å²) in [7, 11) is -3.29. The van der Waals surface area contributed by atoms with E-state index >= 15 is 0 Å². The Balaban J connectivity index is 1.88. The lowest BCUT2D eigenvalue weighted by atomic mass is 9.80. The largest absolute Gasteiger partial charge is 0.488 e. The van der Waals surface area contributed by atoms with Crippen molar-refractivity contribution in [1.82, 2.24) is 16.0 Å². The van der Waals surface area contributed by atoms with Gasteiger partial charge in [0.05, 0.1) is 19.8 Å². The van der Waals surface area contributed by atoms with E-state index < -0.39 is 32.0 Å². The summed E-state index contributed by atoms with van der Waals surface area (Å²) in [5.41, 5.74) is 6.86. The van der Waals surface area contributed by atoms with Crippen LogP contribution in [0.2, 0.25) is 0 Å². The van der Waals surface area contributed by atoms with Crippen molar-refractivity contribution in [3.8, 4) is 0 Å². The average Bonchev–Trinajstić information content (AvgIpc) is 3.20. The summed E-state index contributed by atoms with van der Waals surface area (Å²) < 4.78 is 10.9. The van der Waals surface area contributed by atoms with Gasteiger partial charge in [-0.1, -0.05) is 50.5 Å². The number of ketones is 2. The molecule has 0 bridgehead atoms. The first-order valence-electron chi connectivity index (χ1n) is 20.1. The number of nitrogens with two attached hydrogens (primary N) is 1. The van der Waals surface area contributed by atoms with Gasteiger partial charge in [-0.3, -0.25) is 28.8 Å². The van der Waals surface area contributed by atoms with E-state index in [0.29, 0.717) is 82.6 Å². The van der Waals surface area contributed by atoms with Crippen LogP contribution in [0.3, 0.4) is 0 Å². The molecule has 0 aliphatic heterocycles. The van der Waals surface area contributed by atoms with Gasteiger partial charge >= 0.3 is 14.2 Å². The highest BCUT2D eigenvalue weighted by Crippen LogP contribution is 2.22. The lowest BCUT2D eigenvalue weighted by molar-refractivity contribution is -0.132. The van der Waals surface area contributed by atoms with Crippen LogP contribution in [0.15, 0.2) is 48.5 Å². The van der Waals surface area contributed by atoms with Crippen LogP contribution < -0.4 is 32.6 Å². The number of benzene rings is 2. The third-order valence-corrected chi connectivity index (χ3v) is 9.46. The SMILES string of the molecule is CCCCOCCOCCNC(=O)CCC(=O)CC(CCCCNC(=O)c1ccc(B(O)O)cc1)C(=O)CC(CCCCNC(=O)c1ccc(B(O)O)cc1)C(N)=O. The number of amides is 4. The lowest BCUT2D eigenvalue weighted by Crippen LogP contribution is -2.31. The zero-order chi connectivity index (χ0) is 42.7. The molecule has 0 saturated heterocycles. The standard InChI is InChI=1S/C40H60B2N4O12/c1-2-3-23-57-25-26-58-24-22-44-37(49)19-18-35(47)27-31(8-4-6-20-45-39(51)29-10-14-33(15-11-29)41(53)54)36(48)28-32(38(43)50)9-5-7-21-46-40(52)30-12-16-34(17-13-30)42(55)56/h10-17,31-32,53-56H,2-9,18-28H2,1H3,(H2,43,50)(H,44,49)(H,45,51)(H,46,52). The molecule has 0 heterocycles. The fourth-order valence-corrected chi connectivity index (χ4v) is 5.93. The molecule has 0 aromatic heterocycles. The molecule has 16 nitrogen and oxygen atoms in total. The molecule has 4 amide bonds. The minimum Gasteiger partial charge on any atom is -0.423 e. The summed E-state index contributed by atoms with van der Waals surface area (Å²) in [4.78, 5) is 76.4. The number of primary amides is 1. The molecular formula is C40H60B2N4O12. The molecule has 0 spiro atoms. The molecule has 0 fully saturated rings. The number of carbonyl (C=O) groups is 6. The molecule has 0 radical (unpaired) electrons. The number of rotatable bonds is 32. The summed E-state index contributed by atoms with van der Waals surface area (Å²) in [6.07, 6.45) is 4.19. The van der Waals surface area contributed by atoms with Gasteiger partial charge in [0, 0.05) is 74.9 Å². The van der Waals surface area contributed by atoms with E-state index in [1.165, 1.54) is 48.5 Å². The molecule has 0 aliphatic carbocycles. The Morgan fingerprint density at radius 3 is 1.59 bits per heavy atom. The molecule has 2 unspecified atom stereocenters. The minimum atomic E-state index is -1.65. The maximum atomic E-state index is 13.6. The van der Waals surface area contributed by atoms with E-state index in [4.69, 9.17) is 15.2 Å². The molecule has 2 aromatic rings. The van der Waals surface area contributed by atoms with Crippen molar-refractivity contribution in [2.75, 3.05) is 46.1 Å². The fourth-order valence-electron chi connectivity index (χ4n) is 5.93. The van der Waals surface area contributed by atoms with E-state index in [0.717, 1.165) is 12.8 Å². The average molecular weight is 811 g/mol. The van der Waals surface area contributed by atoms with Crippen LogP contribution in [0.5, 0.6) is 0 Å². The fraction of sp³-hybridized carbons (Fsp3) is 0.550. The number of unbranched alkanes of at least 4 members (excludes halogenated alkanes) is 3. The predicted molar refractivity (Wildman–Crippen MR) is 219 cm³/mol. The molecular weight excluding hydrogens is 750 g/mol. The Kier molecular flexibility index (Phi) is 24.7. The molecule has 58 heavy (non-hydrogen) atoms. The summed E-state index contributed by atoms with van der Waals surface area (Å²) >= 11 is 0. The maximum Gasteiger partial charge on any atom is 0.488 e. The summed E-state index contributed by atoms with van der Waals surface area (Å²) in [5.74, 6) is -3.75. The second-order valence-electron chi connectivity index (χ2n) is 14.1. The second kappa shape index (κ2) is 28.9. The number of hydrogen-bond donors (Lipinski definition) is 8. The zero-order valence-corrected chi connectivity index (χ0v) is 33.5. The topological polar surface area (TPSA) is 264 Å². The van der Waals surface area contributed by atoms with E-state index in [2.05, 4.69) is 22.9 Å². The second-order valence-corrected chi connectivity index (χ2v) is 14.1. The van der Waals surface area contributed by atoms with E-state index in [1.54, 1.807) is 0 Å². The Morgan fingerprint density at radius 1 is 0.603 bits per heavy atom. The van der Waals surface area contributed by atoms with Gasteiger partial charge in [0.2, 0.25) is 11.8 Å². The van der Waals surface area contributed by atoms with Crippen molar-refractivity contribution in [1.29, 1.82) is 0 Å². The van der Waals surface area contributed by atoms with Crippen LogP contribution in [0.4, 0.5) is 0 Å². The Bertz CT molecular complexity index is 1560. The normalized spacial score (nSPS) is 11.9. The van der Waals surface area contributed by atoms with Crippen molar-refractivity contribution in [3.05, 3.63) is 59.7 Å². The minimum absolute atomic E-state index is 0.0539. The van der Waals surface area contributed by atoms with Gasteiger partial charge < -0.3 is 51.3 Å². The molecule has 9 N–H and O–H groups in total. The number of nitrogens with one attached hydrogen (secondary N) is 3. The van der Waals surface area contributed by atoms with Crippen molar-refractivity contribution < 1.29 is 58.3 Å². The molecule has 2 rings (SSSR count). The lowest BCUT2D eigenvalue weighted by Gasteiger charge is -2.19. The molecule has 0 aliphatic rings. The third kappa shape index (κ3) is 20.8. The summed E-state index contributed by atoms with van der Waals surface area (Å²) in [6.45, 7) is 4.80. The third-order valence-electron chi connectivity index (χ3n) is 9.46. The number of Topliss-reactive ketones (excluding diaryl/α,β-unsaturated/α-hetero) is 2. The van der Waals surface area contributed by atoms with Gasteiger partial charge in [-0.15, -0.1) is 0 Å². The Morgan fingerprint density at radius 2 is 1.10 bits per heavy atom. The maximum absolute atomic E-state index is 13.6. The molecule has 2 atom stereocenters. The van der Waals surface area contributed by atoms with Gasteiger partial charge in [-0.25, -0.2) is 0 Å². The van der Waals surface area contributed by atoms with Crippen LogP contribution in [0, 0.1) is 11.8 Å². The van der Waals surface area contributed by atoms with Crippen LogP contribution in [-0.4, -0.2) is 116 Å². The Hall–Kier alpha value is -4.45. The number of hydrogen-bond acceptors (Lipinski definition) is 12. The van der Waals surface area contributed by atoms with Gasteiger partial charge in [0.15, 0.2) is 0 Å². The zero-order valence-electron chi connectivity index (χ0n) is 33.5. The molecule has 318 valence electrons. The summed E-state index contributed by atoms with van der Waals surface area (Å²) in [5, 5.41) is 45.3. The van der Waals surface area contributed by atoms with E-state index in [-0.39, 0.29) is 79.0 Å². The van der Waals surface area contributed by atoms with Crippen LogP contribution in [-0.2, 0) is 28.7 Å². The first-order valence-corrected chi connectivity index (χ1v) is 20.1. The van der Waals surface area contributed by atoms with Crippen molar-refractivity contribution in [3.63, 3.8) is 0 Å².